The van der Waals surface area contributed by atoms with Gasteiger partial charge in [-0.05, 0) is 49.8 Å². The Morgan fingerprint density at radius 2 is 2.10 bits per heavy atom. The summed E-state index contributed by atoms with van der Waals surface area (Å²) in [4.78, 5) is 11.0. The molecule has 114 valence electrons. The van der Waals surface area contributed by atoms with Gasteiger partial charge in [0.2, 0.25) is 0 Å². The van der Waals surface area contributed by atoms with E-state index in [-0.39, 0.29) is 18.1 Å². The van der Waals surface area contributed by atoms with Crippen molar-refractivity contribution in [1.29, 1.82) is 0 Å². The van der Waals surface area contributed by atoms with Crippen LogP contribution in [-0.2, 0) is 4.79 Å². The van der Waals surface area contributed by atoms with Gasteiger partial charge in [0.15, 0.2) is 0 Å². The SMILES string of the molecule is O=C(O)C1CNC(c2ccc(OC3CCCC3)c(Cl)c2)C1. The number of rotatable bonds is 4. The highest BCUT2D eigenvalue weighted by Crippen LogP contribution is 2.34. The standard InChI is InChI=1S/C16H20ClNO3/c17-13-7-10(14-8-11(9-18-14)16(19)20)5-6-15(13)21-12-3-1-2-4-12/h5-7,11-12,14,18H,1-4,8-9H2,(H,19,20). The first-order valence-corrected chi connectivity index (χ1v) is 7.93. The molecule has 0 aromatic heterocycles. The normalized spacial score (nSPS) is 26.1. The van der Waals surface area contributed by atoms with Gasteiger partial charge in [-0.1, -0.05) is 17.7 Å². The highest BCUT2D eigenvalue weighted by molar-refractivity contribution is 6.32. The molecule has 1 saturated carbocycles. The minimum absolute atomic E-state index is 0.0594. The van der Waals surface area contributed by atoms with Crippen molar-refractivity contribution in [2.24, 2.45) is 5.92 Å². The highest BCUT2D eigenvalue weighted by Gasteiger charge is 2.30. The Morgan fingerprint density at radius 1 is 1.33 bits per heavy atom. The quantitative estimate of drug-likeness (QED) is 0.895. The lowest BCUT2D eigenvalue weighted by Crippen LogP contribution is -2.17. The zero-order valence-corrected chi connectivity index (χ0v) is 12.6. The maximum absolute atomic E-state index is 11.0. The molecule has 1 aromatic rings. The van der Waals surface area contributed by atoms with E-state index in [1.54, 1.807) is 0 Å². The van der Waals surface area contributed by atoms with Crippen LogP contribution in [0.2, 0.25) is 5.02 Å². The first-order valence-electron chi connectivity index (χ1n) is 7.56. The Kier molecular flexibility index (Phi) is 4.36. The van der Waals surface area contributed by atoms with Crippen LogP contribution in [-0.4, -0.2) is 23.7 Å². The average molecular weight is 310 g/mol. The van der Waals surface area contributed by atoms with Crippen molar-refractivity contribution < 1.29 is 14.6 Å². The number of aliphatic carboxylic acids is 1. The number of carboxylic acid groups (broad SMARTS) is 1. The molecule has 0 radical (unpaired) electrons. The minimum Gasteiger partial charge on any atom is -0.489 e. The summed E-state index contributed by atoms with van der Waals surface area (Å²) in [6.45, 7) is 0.512. The van der Waals surface area contributed by atoms with E-state index in [4.69, 9.17) is 21.4 Å². The van der Waals surface area contributed by atoms with Crippen molar-refractivity contribution in [3.63, 3.8) is 0 Å². The zero-order valence-electron chi connectivity index (χ0n) is 11.8. The molecule has 1 saturated heterocycles. The average Bonchev–Trinajstić information content (AvgIpc) is 3.12. The van der Waals surface area contributed by atoms with Crippen molar-refractivity contribution in [2.75, 3.05) is 6.54 Å². The topological polar surface area (TPSA) is 58.6 Å². The third-order valence-corrected chi connectivity index (χ3v) is 4.73. The van der Waals surface area contributed by atoms with Gasteiger partial charge in [0.1, 0.15) is 5.75 Å². The monoisotopic (exact) mass is 309 g/mol. The Labute approximate surface area is 129 Å². The van der Waals surface area contributed by atoms with Crippen LogP contribution in [0.25, 0.3) is 0 Å². The Hall–Kier alpha value is -1.26. The molecule has 21 heavy (non-hydrogen) atoms. The van der Waals surface area contributed by atoms with Crippen LogP contribution >= 0.6 is 11.6 Å². The summed E-state index contributed by atoms with van der Waals surface area (Å²) in [5.41, 5.74) is 1.03. The Bertz CT molecular complexity index is 528. The fourth-order valence-electron chi connectivity index (χ4n) is 3.19. The summed E-state index contributed by atoms with van der Waals surface area (Å²) >= 11 is 6.32. The molecular formula is C16H20ClNO3. The number of benzene rings is 1. The van der Waals surface area contributed by atoms with E-state index >= 15 is 0 Å². The fourth-order valence-corrected chi connectivity index (χ4v) is 3.43. The van der Waals surface area contributed by atoms with E-state index < -0.39 is 5.97 Å². The lowest BCUT2D eigenvalue weighted by Gasteiger charge is -2.17. The number of halogens is 1. The molecule has 1 heterocycles. The number of ether oxygens (including phenoxy) is 1. The van der Waals surface area contributed by atoms with Gasteiger partial charge in [0.25, 0.3) is 0 Å². The fraction of sp³-hybridized carbons (Fsp3) is 0.562. The second-order valence-electron chi connectivity index (χ2n) is 5.95. The highest BCUT2D eigenvalue weighted by atomic mass is 35.5. The third kappa shape index (κ3) is 3.33. The molecule has 2 atom stereocenters. The second-order valence-corrected chi connectivity index (χ2v) is 6.35. The van der Waals surface area contributed by atoms with Gasteiger partial charge < -0.3 is 15.2 Å². The molecular weight excluding hydrogens is 290 g/mol. The van der Waals surface area contributed by atoms with E-state index in [1.165, 1.54) is 12.8 Å². The smallest absolute Gasteiger partial charge is 0.307 e. The van der Waals surface area contributed by atoms with Crippen LogP contribution in [0.1, 0.15) is 43.7 Å². The van der Waals surface area contributed by atoms with Crippen LogP contribution in [0.4, 0.5) is 0 Å². The molecule has 2 unspecified atom stereocenters. The molecule has 1 aromatic carbocycles. The van der Waals surface area contributed by atoms with Crippen molar-refractivity contribution >= 4 is 17.6 Å². The summed E-state index contributed by atoms with van der Waals surface area (Å²) in [6.07, 6.45) is 5.54. The van der Waals surface area contributed by atoms with Gasteiger partial charge in [-0.3, -0.25) is 4.79 Å². The zero-order chi connectivity index (χ0) is 14.8. The third-order valence-electron chi connectivity index (χ3n) is 4.43. The van der Waals surface area contributed by atoms with Gasteiger partial charge in [0.05, 0.1) is 17.0 Å². The number of hydrogen-bond donors (Lipinski definition) is 2. The molecule has 2 fully saturated rings. The molecule has 3 rings (SSSR count). The van der Waals surface area contributed by atoms with Crippen LogP contribution in [0, 0.1) is 5.92 Å². The molecule has 2 aliphatic rings. The van der Waals surface area contributed by atoms with Gasteiger partial charge >= 0.3 is 5.97 Å². The summed E-state index contributed by atoms with van der Waals surface area (Å²) in [6, 6.07) is 5.85. The van der Waals surface area contributed by atoms with E-state index in [0.29, 0.717) is 18.0 Å². The van der Waals surface area contributed by atoms with Crippen molar-refractivity contribution in [1.82, 2.24) is 5.32 Å². The predicted molar refractivity (Wildman–Crippen MR) is 80.8 cm³/mol. The summed E-state index contributed by atoms with van der Waals surface area (Å²) in [5.74, 6) is -0.319. The summed E-state index contributed by atoms with van der Waals surface area (Å²) in [7, 11) is 0. The van der Waals surface area contributed by atoms with E-state index in [1.807, 2.05) is 18.2 Å². The molecule has 1 aliphatic carbocycles. The largest absolute Gasteiger partial charge is 0.489 e. The van der Waals surface area contributed by atoms with Gasteiger partial charge in [-0.15, -0.1) is 0 Å². The van der Waals surface area contributed by atoms with Gasteiger partial charge in [0, 0.05) is 12.6 Å². The Morgan fingerprint density at radius 3 is 2.71 bits per heavy atom. The molecule has 4 nitrogen and oxygen atoms in total. The van der Waals surface area contributed by atoms with Crippen LogP contribution < -0.4 is 10.1 Å². The van der Waals surface area contributed by atoms with Crippen molar-refractivity contribution in [3.8, 4) is 5.75 Å². The molecule has 1 aliphatic heterocycles. The lowest BCUT2D eigenvalue weighted by molar-refractivity contribution is -0.141. The molecule has 0 amide bonds. The number of carbonyl (C=O) groups is 1. The first-order chi connectivity index (χ1) is 10.1. The second kappa shape index (κ2) is 6.24. The number of carboxylic acids is 1. The lowest BCUT2D eigenvalue weighted by atomic mass is 10.00. The molecule has 0 bridgehead atoms. The minimum atomic E-state index is -0.739. The van der Waals surface area contributed by atoms with Gasteiger partial charge in [-0.2, -0.15) is 0 Å². The summed E-state index contributed by atoms with van der Waals surface area (Å²) < 4.78 is 5.94. The predicted octanol–water partition coefficient (Wildman–Crippen LogP) is 3.40. The van der Waals surface area contributed by atoms with Gasteiger partial charge in [-0.25, -0.2) is 0 Å². The molecule has 2 N–H and O–H groups in total. The van der Waals surface area contributed by atoms with Crippen LogP contribution in [0.5, 0.6) is 5.75 Å². The maximum atomic E-state index is 11.0. The first kappa shape index (κ1) is 14.7. The van der Waals surface area contributed by atoms with E-state index in [9.17, 15) is 4.79 Å². The van der Waals surface area contributed by atoms with Crippen molar-refractivity contribution in [3.05, 3.63) is 28.8 Å². The Balaban J connectivity index is 1.68. The van der Waals surface area contributed by atoms with Crippen LogP contribution in [0.3, 0.4) is 0 Å². The van der Waals surface area contributed by atoms with E-state index in [0.717, 1.165) is 24.2 Å². The number of nitrogens with one attached hydrogen (secondary N) is 1. The van der Waals surface area contributed by atoms with Crippen molar-refractivity contribution in [2.45, 2.75) is 44.2 Å². The number of hydrogen-bond acceptors (Lipinski definition) is 3. The molecule has 0 spiro atoms. The molecule has 5 heteroatoms. The van der Waals surface area contributed by atoms with E-state index in [2.05, 4.69) is 5.32 Å². The summed E-state index contributed by atoms with van der Waals surface area (Å²) in [5, 5.41) is 12.9. The van der Waals surface area contributed by atoms with Crippen LogP contribution in [0.15, 0.2) is 18.2 Å². The maximum Gasteiger partial charge on any atom is 0.307 e.